The summed E-state index contributed by atoms with van der Waals surface area (Å²) in [6.45, 7) is 27.7. The number of para-hydroxylation sites is 2. The molecule has 0 spiro atoms. The summed E-state index contributed by atoms with van der Waals surface area (Å²) in [6.07, 6.45) is 10.3. The molecule has 6 aromatic carbocycles. The first kappa shape index (κ1) is 83.2. The number of anilines is 1. The Morgan fingerprint density at radius 1 is 0.821 bits per heavy atom. The predicted molar refractivity (Wildman–Crippen MR) is 420 cm³/mol. The summed E-state index contributed by atoms with van der Waals surface area (Å²) >= 11 is 6.19. The van der Waals surface area contributed by atoms with E-state index in [0.29, 0.717) is 71.7 Å². The van der Waals surface area contributed by atoms with E-state index < -0.39 is 46.6 Å². The monoisotopic (exact) mass is 1470 g/mol. The van der Waals surface area contributed by atoms with Crippen LogP contribution in [0.5, 0.6) is 17.2 Å². The summed E-state index contributed by atoms with van der Waals surface area (Å²) in [7, 11) is 0. The number of aliphatic hydroxyl groups is 4. The van der Waals surface area contributed by atoms with Gasteiger partial charge in [0, 0.05) is 67.4 Å². The molecular formula is C87H111ClFN7O10. The van der Waals surface area contributed by atoms with E-state index in [9.17, 15) is 44.3 Å². The summed E-state index contributed by atoms with van der Waals surface area (Å²) in [4.78, 5) is 55.0. The number of hydrogen-bond acceptors (Lipinski definition) is 15. The van der Waals surface area contributed by atoms with Gasteiger partial charge in [-0.3, -0.25) is 29.3 Å². The van der Waals surface area contributed by atoms with Gasteiger partial charge < -0.3 is 50.5 Å². The largest absolute Gasteiger partial charge is 0.508 e. The highest BCUT2D eigenvalue weighted by molar-refractivity contribution is 6.30. The van der Waals surface area contributed by atoms with Gasteiger partial charge in [-0.15, -0.1) is 0 Å². The van der Waals surface area contributed by atoms with E-state index in [2.05, 4.69) is 118 Å². The van der Waals surface area contributed by atoms with E-state index in [1.165, 1.54) is 61.0 Å². The van der Waals surface area contributed by atoms with Crippen LogP contribution in [0.1, 0.15) is 189 Å². The van der Waals surface area contributed by atoms with Crippen molar-refractivity contribution in [3.63, 3.8) is 0 Å². The maximum atomic E-state index is 13.8. The molecule has 2 aromatic heterocycles. The van der Waals surface area contributed by atoms with Gasteiger partial charge >= 0.3 is 0 Å². The molecule has 0 unspecified atom stereocenters. The van der Waals surface area contributed by atoms with Gasteiger partial charge in [0.2, 0.25) is 5.91 Å². The van der Waals surface area contributed by atoms with E-state index in [4.69, 9.17) is 21.1 Å². The van der Waals surface area contributed by atoms with E-state index in [1.807, 2.05) is 56.4 Å². The number of ketones is 1. The van der Waals surface area contributed by atoms with Crippen molar-refractivity contribution in [2.24, 2.45) is 23.2 Å². The number of aryl methyl sites for hydroxylation is 1. The summed E-state index contributed by atoms with van der Waals surface area (Å²) in [6, 6.07) is 44.1. The second-order valence-electron chi connectivity index (χ2n) is 31.1. The number of amides is 2. The van der Waals surface area contributed by atoms with Crippen molar-refractivity contribution in [3.8, 4) is 17.2 Å². The number of fused-ring (bicyclic) bond motifs is 3. The van der Waals surface area contributed by atoms with Crippen molar-refractivity contribution >= 4 is 51.5 Å². The Morgan fingerprint density at radius 2 is 1.54 bits per heavy atom. The minimum absolute atomic E-state index is 0. The van der Waals surface area contributed by atoms with Gasteiger partial charge in [-0.25, -0.2) is 9.37 Å². The summed E-state index contributed by atoms with van der Waals surface area (Å²) in [5, 5.41) is 58.7. The molecule has 3 aliphatic rings. The molecule has 0 radical (unpaired) electrons. The number of Topliss-reactive ketones (excluding diaryl/α,β-unsaturated/α-hetero) is 1. The zero-order chi connectivity index (χ0) is 75.8. The Labute approximate surface area is 631 Å². The lowest BCUT2D eigenvalue weighted by Gasteiger charge is -2.48. The number of carbonyl (C=O) groups excluding carboxylic acids is 3. The van der Waals surface area contributed by atoms with Gasteiger partial charge in [-0.1, -0.05) is 124 Å². The quantitative estimate of drug-likeness (QED) is 0.0263. The van der Waals surface area contributed by atoms with E-state index >= 15 is 0 Å². The number of phenols is 1. The number of likely N-dealkylation sites (tertiary alicyclic amines) is 2. The second kappa shape index (κ2) is 37.4. The molecule has 2 saturated heterocycles. The topological polar surface area (TPSA) is 240 Å². The average molecular weight is 1470 g/mol. The van der Waals surface area contributed by atoms with Crippen molar-refractivity contribution in [3.05, 3.63) is 225 Å². The standard InChI is InChI=1S/C33H39ClN2O2.C27H32FN3O4.C26H36N2O4.CH4/c1-22-29(23-10-13-25(34)14-11-23)19-36(21-32(22,2)3)17-7-9-26-27-8-6-16-35-30(27)20-38-31-15-12-24(18-28(26)31)33(4,5)37;1-17(32)19(11-12-27(2,3)35)15-25(33)23(14-18-7-6-8-20(28)13-18)31-26(34)24-16-29-21-9-4-5-10-22(21)30-24;1-19-4-6-22(7-5-19)17-28-14-11-21(12-15-28)10-13-26(3,31)18-32-25-16-23(30)8-9-24(25)27-20(2)29;/h6,8-16,18,22,29,37H,7,17,19-21H2,1-5H3;4-10,13,16,19,23,25,33,35H,11-12,14-15H2,1-3H3,(H,31,34);4-9,16,21,30-31H,10-15,17-18H2,1-3H3,(H,27,29);1H4/b26-9-;;;/t22-,29+;19-,23+,25+;26-;/m110./s1. The predicted octanol–water partition coefficient (Wildman–Crippen LogP) is 16.2. The maximum absolute atomic E-state index is 13.8. The average Bonchev–Trinajstić information content (AvgIpc) is 1.26. The first-order valence-electron chi connectivity index (χ1n) is 36.8. The summed E-state index contributed by atoms with van der Waals surface area (Å²) in [5.74, 6) is 1.10. The first-order chi connectivity index (χ1) is 49.7. The van der Waals surface area contributed by atoms with Crippen LogP contribution in [0.4, 0.5) is 10.1 Å². The zero-order valence-electron chi connectivity index (χ0n) is 62.8. The normalized spacial score (nSPS) is 17.9. The number of pyridine rings is 1. The van der Waals surface area contributed by atoms with E-state index in [-0.39, 0.29) is 55.4 Å². The van der Waals surface area contributed by atoms with Crippen LogP contribution in [-0.2, 0) is 34.8 Å². The Morgan fingerprint density at radius 3 is 2.22 bits per heavy atom. The molecule has 106 heavy (non-hydrogen) atoms. The van der Waals surface area contributed by atoms with Crippen LogP contribution >= 0.6 is 11.6 Å². The van der Waals surface area contributed by atoms with E-state index in [1.54, 1.807) is 57.2 Å². The fourth-order valence-corrected chi connectivity index (χ4v) is 14.2. The lowest BCUT2D eigenvalue weighted by atomic mass is 9.67. The number of aromatic hydroxyl groups is 1. The fourth-order valence-electron chi connectivity index (χ4n) is 14.1. The molecule has 6 atom stereocenters. The minimum atomic E-state index is -1.09. The molecule has 568 valence electrons. The Bertz CT molecular complexity index is 4240. The number of ether oxygens (including phenoxy) is 2. The number of hydrogen-bond donors (Lipinski definition) is 7. The molecule has 0 bridgehead atoms. The van der Waals surface area contributed by atoms with Gasteiger partial charge in [0.1, 0.15) is 47.8 Å². The highest BCUT2D eigenvalue weighted by Gasteiger charge is 2.40. The molecule has 17 nitrogen and oxygen atoms in total. The van der Waals surface area contributed by atoms with Crippen molar-refractivity contribution in [2.75, 3.05) is 44.6 Å². The highest BCUT2D eigenvalue weighted by Crippen LogP contribution is 2.44. The molecule has 19 heteroatoms. The number of nitrogens with zero attached hydrogens (tertiary/aromatic N) is 5. The molecule has 0 saturated carbocycles. The summed E-state index contributed by atoms with van der Waals surface area (Å²) < 4.78 is 25.7. The van der Waals surface area contributed by atoms with Crippen LogP contribution in [0.15, 0.2) is 164 Å². The Balaban J connectivity index is 0.000000201. The number of carbonyl (C=O) groups is 3. The van der Waals surface area contributed by atoms with Gasteiger partial charge in [0.05, 0.1) is 57.6 Å². The van der Waals surface area contributed by atoms with Gasteiger partial charge in [-0.2, -0.15) is 0 Å². The van der Waals surface area contributed by atoms with Crippen molar-refractivity contribution < 1.29 is 53.8 Å². The lowest BCUT2D eigenvalue weighted by Crippen LogP contribution is -2.49. The third-order valence-electron chi connectivity index (χ3n) is 20.7. The number of benzene rings is 6. The number of aromatic nitrogens is 3. The number of halogens is 2. The highest BCUT2D eigenvalue weighted by atomic mass is 35.5. The van der Waals surface area contributed by atoms with Crippen LogP contribution in [0.2, 0.25) is 5.02 Å². The Kier molecular flexibility index (Phi) is 29.3. The van der Waals surface area contributed by atoms with Gasteiger partial charge in [0.25, 0.3) is 5.91 Å². The molecule has 5 heterocycles. The van der Waals surface area contributed by atoms with Crippen LogP contribution < -0.4 is 20.1 Å². The maximum Gasteiger partial charge on any atom is 0.271 e. The molecule has 2 amide bonds. The Hall–Kier alpha value is -8.46. The number of aliphatic hydroxyl groups excluding tert-OH is 1. The lowest BCUT2D eigenvalue weighted by molar-refractivity contribution is -0.122. The number of phenolic OH excluding ortho intramolecular Hbond substituents is 1. The minimum Gasteiger partial charge on any atom is -0.508 e. The zero-order valence-corrected chi connectivity index (χ0v) is 63.6. The number of rotatable bonds is 25. The third-order valence-corrected chi connectivity index (χ3v) is 20.9. The smallest absolute Gasteiger partial charge is 0.271 e. The van der Waals surface area contributed by atoms with Crippen molar-refractivity contribution in [1.29, 1.82) is 0 Å². The van der Waals surface area contributed by atoms with Crippen LogP contribution in [0.25, 0.3) is 16.6 Å². The molecule has 8 aromatic rings. The molecule has 11 rings (SSSR count). The molecule has 3 aliphatic heterocycles. The first-order valence-corrected chi connectivity index (χ1v) is 37.2. The van der Waals surface area contributed by atoms with E-state index in [0.717, 1.165) is 104 Å². The number of nitrogens with one attached hydrogen (secondary N) is 2. The van der Waals surface area contributed by atoms with Crippen LogP contribution in [0, 0.1) is 35.9 Å². The molecule has 0 aliphatic carbocycles. The SMILES string of the molecule is C.CC(=O)Nc1ccc(O)cc1OC[C@@](C)(O)CCC1CCN(Cc2ccc(C)cc2)CC1.CC(=O)[C@H](CCC(C)(C)O)C[C@H](O)[C@H](Cc1cccc(F)c1)NC(=O)c1cnc2ccccc2n1.C[C@@H]1[C@@H](c2ccc(Cl)cc2)CN(CC/C=C2\c3cc(C(C)(C)O)ccc3OCc3ncccc32)CC1(C)C. The fraction of sp³-hybridized carbons (Fsp3) is 0.448. The van der Waals surface area contributed by atoms with Crippen molar-refractivity contribution in [1.82, 2.24) is 30.1 Å². The molecule has 7 N–H and O–H groups in total. The van der Waals surface area contributed by atoms with Crippen molar-refractivity contribution in [2.45, 2.75) is 189 Å². The summed E-state index contributed by atoms with van der Waals surface area (Å²) in [5.41, 5.74) is 8.79. The molecular weight excluding hydrogens is 1360 g/mol. The van der Waals surface area contributed by atoms with Gasteiger partial charge in [-0.05, 0) is 237 Å². The van der Waals surface area contributed by atoms with Gasteiger partial charge in [0.15, 0.2) is 0 Å². The van der Waals surface area contributed by atoms with Crippen LogP contribution in [-0.4, -0.2) is 131 Å². The molecule has 2 fully saturated rings. The second-order valence-corrected chi connectivity index (χ2v) is 31.6. The number of piperidine rings is 2. The third kappa shape index (κ3) is 24.5. The van der Waals surface area contributed by atoms with Crippen LogP contribution in [0.3, 0.4) is 0 Å².